The predicted octanol–water partition coefficient (Wildman–Crippen LogP) is 5.38. The van der Waals surface area contributed by atoms with Gasteiger partial charge in [-0.3, -0.25) is 10.4 Å². The third-order valence-electron chi connectivity index (χ3n) is 5.31. The van der Waals surface area contributed by atoms with E-state index >= 15 is 0 Å². The van der Waals surface area contributed by atoms with E-state index in [0.29, 0.717) is 12.3 Å². The molecule has 1 heterocycles. The fraction of sp³-hybridized carbons (Fsp3) is 0.222. The molecule has 0 spiro atoms. The van der Waals surface area contributed by atoms with E-state index in [1.165, 1.54) is 0 Å². The summed E-state index contributed by atoms with van der Waals surface area (Å²) in [4.78, 5) is 4.95. The van der Waals surface area contributed by atoms with Crippen LogP contribution in [0.25, 0.3) is 5.70 Å². The molecule has 1 aliphatic rings. The Balaban J connectivity index is 1.72. The van der Waals surface area contributed by atoms with Gasteiger partial charge < -0.3 is 9.84 Å². The second-order valence-corrected chi connectivity index (χ2v) is 7.89. The first-order chi connectivity index (χ1) is 15.6. The highest BCUT2D eigenvalue weighted by atomic mass is 16.5. The van der Waals surface area contributed by atoms with Crippen molar-refractivity contribution in [3.05, 3.63) is 102 Å². The number of para-hydroxylation sites is 2. The normalized spacial score (nSPS) is 15.3. The molecule has 0 saturated heterocycles. The molecule has 2 unspecified atom stereocenters. The molecule has 164 valence electrons. The lowest BCUT2D eigenvalue weighted by atomic mass is 10.1. The average molecular weight is 428 g/mol. The number of rotatable bonds is 8. The van der Waals surface area contributed by atoms with Crippen LogP contribution in [0.3, 0.4) is 0 Å². The van der Waals surface area contributed by atoms with Crippen LogP contribution in [0.5, 0.6) is 5.75 Å². The first-order valence-corrected chi connectivity index (χ1v) is 11.0. The number of hydrazine groups is 1. The summed E-state index contributed by atoms with van der Waals surface area (Å²) in [5.74, 6) is 1.45. The van der Waals surface area contributed by atoms with Crippen LogP contribution in [-0.2, 0) is 0 Å². The highest BCUT2D eigenvalue weighted by molar-refractivity contribution is 6.06. The fourth-order valence-electron chi connectivity index (χ4n) is 3.66. The summed E-state index contributed by atoms with van der Waals surface area (Å²) in [5.41, 5.74) is 7.21. The van der Waals surface area contributed by atoms with E-state index in [0.717, 1.165) is 34.7 Å². The zero-order valence-corrected chi connectivity index (χ0v) is 18.5. The van der Waals surface area contributed by atoms with Gasteiger partial charge in [-0.1, -0.05) is 67.6 Å². The van der Waals surface area contributed by atoms with Gasteiger partial charge in [-0.05, 0) is 37.6 Å². The first-order valence-electron chi connectivity index (χ1n) is 11.0. The second kappa shape index (κ2) is 10.2. The van der Waals surface area contributed by atoms with E-state index < -0.39 is 6.10 Å². The summed E-state index contributed by atoms with van der Waals surface area (Å²) >= 11 is 0. The minimum atomic E-state index is -0.418. The van der Waals surface area contributed by atoms with Gasteiger partial charge in [0.1, 0.15) is 11.9 Å². The molecule has 5 heteroatoms. The summed E-state index contributed by atoms with van der Waals surface area (Å²) in [5, 5.41) is 11.8. The van der Waals surface area contributed by atoms with Gasteiger partial charge in [-0.25, -0.2) is 4.99 Å². The summed E-state index contributed by atoms with van der Waals surface area (Å²) < 4.78 is 6.32. The fourth-order valence-corrected chi connectivity index (χ4v) is 3.66. The van der Waals surface area contributed by atoms with E-state index in [2.05, 4.69) is 24.5 Å². The molecule has 0 aliphatic carbocycles. The number of aliphatic imine (C=N–C) groups is 1. The van der Waals surface area contributed by atoms with Crippen LogP contribution in [0.15, 0.2) is 96.1 Å². The molecule has 5 nitrogen and oxygen atoms in total. The third-order valence-corrected chi connectivity index (χ3v) is 5.31. The molecule has 3 aromatic rings. The topological polar surface area (TPSA) is 57.1 Å². The number of anilines is 1. The largest absolute Gasteiger partial charge is 0.490 e. The van der Waals surface area contributed by atoms with Gasteiger partial charge in [0.2, 0.25) is 0 Å². The van der Waals surface area contributed by atoms with Crippen molar-refractivity contribution in [1.29, 1.82) is 0 Å². The van der Waals surface area contributed by atoms with E-state index in [1.807, 2.05) is 84.0 Å². The van der Waals surface area contributed by atoms with Crippen LogP contribution < -0.4 is 15.2 Å². The Bertz CT molecular complexity index is 1080. The van der Waals surface area contributed by atoms with Gasteiger partial charge in [-0.15, -0.1) is 0 Å². The maximum Gasteiger partial charge on any atom is 0.156 e. The van der Waals surface area contributed by atoms with Gasteiger partial charge in [0.05, 0.1) is 29.3 Å². The van der Waals surface area contributed by atoms with E-state index in [-0.39, 0.29) is 6.10 Å². The molecule has 4 rings (SSSR count). The molecule has 3 aromatic carbocycles. The molecule has 0 amide bonds. The predicted molar refractivity (Wildman–Crippen MR) is 130 cm³/mol. The SMILES string of the molecule is CCC(CC(C)O)Oc1ccccc1C1=NC(c2ccccc2)=CN(c2ccccc2)N1. The number of nitrogens with zero attached hydrogens (tertiary/aromatic N) is 2. The Kier molecular flexibility index (Phi) is 6.87. The molecule has 0 aromatic heterocycles. The zero-order chi connectivity index (χ0) is 22.3. The van der Waals surface area contributed by atoms with E-state index in [1.54, 1.807) is 6.92 Å². The second-order valence-electron chi connectivity index (χ2n) is 7.89. The van der Waals surface area contributed by atoms with E-state index in [9.17, 15) is 5.11 Å². The number of benzene rings is 3. The Morgan fingerprint density at radius 3 is 2.28 bits per heavy atom. The van der Waals surface area contributed by atoms with Gasteiger partial charge in [0, 0.05) is 12.0 Å². The van der Waals surface area contributed by atoms with Crippen molar-refractivity contribution in [2.24, 2.45) is 4.99 Å². The quantitative estimate of drug-likeness (QED) is 0.506. The molecule has 2 N–H and O–H groups in total. The number of hydrogen-bond acceptors (Lipinski definition) is 5. The summed E-state index contributed by atoms with van der Waals surface area (Å²) in [7, 11) is 0. The summed E-state index contributed by atoms with van der Waals surface area (Å²) in [6.45, 7) is 3.86. The van der Waals surface area contributed by atoms with Crippen LogP contribution in [-0.4, -0.2) is 23.2 Å². The van der Waals surface area contributed by atoms with E-state index in [4.69, 9.17) is 9.73 Å². The Hall–Kier alpha value is -3.57. The lowest BCUT2D eigenvalue weighted by Gasteiger charge is -2.29. The smallest absolute Gasteiger partial charge is 0.156 e. The number of aliphatic hydroxyl groups is 1. The van der Waals surface area contributed by atoms with Crippen LogP contribution >= 0.6 is 0 Å². The van der Waals surface area contributed by atoms with Crippen LogP contribution in [0.1, 0.15) is 37.8 Å². The van der Waals surface area contributed by atoms with Crippen LogP contribution in [0.2, 0.25) is 0 Å². The van der Waals surface area contributed by atoms with Crippen molar-refractivity contribution >= 4 is 17.2 Å². The maximum absolute atomic E-state index is 9.84. The molecule has 32 heavy (non-hydrogen) atoms. The van der Waals surface area contributed by atoms with Crippen LogP contribution in [0, 0.1) is 0 Å². The Morgan fingerprint density at radius 2 is 1.59 bits per heavy atom. The van der Waals surface area contributed by atoms with Crippen molar-refractivity contribution in [3.8, 4) is 5.75 Å². The van der Waals surface area contributed by atoms with Crippen molar-refractivity contribution < 1.29 is 9.84 Å². The number of hydrogen-bond donors (Lipinski definition) is 2. The highest BCUT2D eigenvalue weighted by Crippen LogP contribution is 2.28. The van der Waals surface area contributed by atoms with Crippen molar-refractivity contribution in [3.63, 3.8) is 0 Å². The molecule has 0 radical (unpaired) electrons. The number of aliphatic hydroxyl groups excluding tert-OH is 1. The molecule has 0 bridgehead atoms. The molecule has 2 atom stereocenters. The van der Waals surface area contributed by atoms with Gasteiger partial charge in [0.25, 0.3) is 0 Å². The molecular weight excluding hydrogens is 398 g/mol. The Labute approximate surface area is 189 Å². The molecule has 1 aliphatic heterocycles. The first kappa shape index (κ1) is 21.7. The van der Waals surface area contributed by atoms with Crippen LogP contribution in [0.4, 0.5) is 5.69 Å². The highest BCUT2D eigenvalue weighted by Gasteiger charge is 2.21. The number of ether oxygens (including phenoxy) is 1. The summed E-state index contributed by atoms with van der Waals surface area (Å²) in [6.07, 6.45) is 2.90. The van der Waals surface area contributed by atoms with Crippen molar-refractivity contribution in [2.75, 3.05) is 5.01 Å². The number of nitrogens with one attached hydrogen (secondary N) is 1. The monoisotopic (exact) mass is 427 g/mol. The van der Waals surface area contributed by atoms with Gasteiger partial charge >= 0.3 is 0 Å². The van der Waals surface area contributed by atoms with Crippen molar-refractivity contribution in [2.45, 2.75) is 38.9 Å². The standard InChI is InChI=1S/C27H29N3O2/c1-3-23(18-20(2)31)32-26-17-11-10-16-24(26)27-28-25(21-12-6-4-7-13-21)19-30(29-27)22-14-8-5-9-15-22/h4-17,19-20,23,31H,3,18H2,1-2H3,(H,28,29). The third kappa shape index (κ3) is 5.18. The minimum Gasteiger partial charge on any atom is -0.490 e. The van der Waals surface area contributed by atoms with Crippen molar-refractivity contribution in [1.82, 2.24) is 5.43 Å². The molecule has 0 fully saturated rings. The minimum absolute atomic E-state index is 0.0743. The zero-order valence-electron chi connectivity index (χ0n) is 18.5. The molecule has 0 saturated carbocycles. The number of amidine groups is 1. The van der Waals surface area contributed by atoms with Gasteiger partial charge in [-0.2, -0.15) is 0 Å². The lowest BCUT2D eigenvalue weighted by molar-refractivity contribution is 0.103. The summed E-state index contributed by atoms with van der Waals surface area (Å²) in [6, 6.07) is 28.2. The average Bonchev–Trinajstić information content (AvgIpc) is 2.84. The Morgan fingerprint density at radius 1 is 0.938 bits per heavy atom. The van der Waals surface area contributed by atoms with Gasteiger partial charge in [0.15, 0.2) is 5.84 Å². The molecular formula is C27H29N3O2. The lowest BCUT2D eigenvalue weighted by Crippen LogP contribution is -2.42. The maximum atomic E-state index is 9.84.